The lowest BCUT2D eigenvalue weighted by Gasteiger charge is -2.17. The molecule has 0 unspecified atom stereocenters. The predicted octanol–water partition coefficient (Wildman–Crippen LogP) is 1.14. The fraction of sp³-hybridized carbons (Fsp3) is 0.500. The van der Waals surface area contributed by atoms with Gasteiger partial charge in [0.15, 0.2) is 0 Å². The van der Waals surface area contributed by atoms with Crippen LogP contribution in [0.25, 0.3) is 0 Å². The van der Waals surface area contributed by atoms with Crippen molar-refractivity contribution in [3.8, 4) is 0 Å². The maximum absolute atomic E-state index is 11.9. The van der Waals surface area contributed by atoms with E-state index in [1.54, 1.807) is 20.0 Å². The molecule has 0 bridgehead atoms. The molecule has 0 saturated carbocycles. The highest BCUT2D eigenvalue weighted by atomic mass is 32.2. The van der Waals surface area contributed by atoms with Gasteiger partial charge in [-0.05, 0) is 25.5 Å². The fourth-order valence-corrected chi connectivity index (χ4v) is 2.87. The molecule has 82 valence electrons. The van der Waals surface area contributed by atoms with Gasteiger partial charge >= 0.3 is 0 Å². The summed E-state index contributed by atoms with van der Waals surface area (Å²) in [5, 5.41) is -0.369. The van der Waals surface area contributed by atoms with Crippen molar-refractivity contribution in [2.75, 3.05) is 0 Å². The molecule has 15 heavy (non-hydrogen) atoms. The smallest absolute Gasteiger partial charge is 0.217 e. The molecule has 1 aliphatic heterocycles. The summed E-state index contributed by atoms with van der Waals surface area (Å²) in [5.74, 6) is 0. The monoisotopic (exact) mass is 226 g/mol. The average molecular weight is 226 g/mol. The van der Waals surface area contributed by atoms with E-state index in [1.165, 1.54) is 4.31 Å². The van der Waals surface area contributed by atoms with E-state index >= 15 is 0 Å². The van der Waals surface area contributed by atoms with Gasteiger partial charge in [0, 0.05) is 12.7 Å². The minimum absolute atomic E-state index is 0.369. The standard InChI is InChI=1S/C10H14N2O2S/c1-8(2)15(13,14)12-6-9-4-3-5-11-10(9)7-12/h3-5,8H,6-7H2,1-2H3. The molecule has 0 amide bonds. The van der Waals surface area contributed by atoms with Crippen molar-refractivity contribution in [2.24, 2.45) is 0 Å². The second-order valence-corrected chi connectivity index (χ2v) is 6.46. The van der Waals surface area contributed by atoms with Crippen molar-refractivity contribution in [2.45, 2.75) is 32.2 Å². The lowest BCUT2D eigenvalue weighted by molar-refractivity contribution is 0.424. The van der Waals surface area contributed by atoms with Crippen molar-refractivity contribution < 1.29 is 8.42 Å². The number of hydrogen-bond donors (Lipinski definition) is 0. The molecule has 5 heteroatoms. The maximum Gasteiger partial charge on any atom is 0.217 e. The zero-order chi connectivity index (χ0) is 11.1. The first-order chi connectivity index (χ1) is 7.01. The Morgan fingerprint density at radius 1 is 1.40 bits per heavy atom. The fourth-order valence-electron chi connectivity index (χ4n) is 1.65. The summed E-state index contributed by atoms with van der Waals surface area (Å²) in [4.78, 5) is 4.18. The molecule has 4 nitrogen and oxygen atoms in total. The Kier molecular flexibility index (Phi) is 2.52. The van der Waals surface area contributed by atoms with Crippen molar-refractivity contribution in [3.63, 3.8) is 0 Å². The average Bonchev–Trinajstić information content (AvgIpc) is 2.61. The number of sulfonamides is 1. The molecular formula is C10H14N2O2S. The molecule has 0 atom stereocenters. The van der Waals surface area contributed by atoms with Gasteiger partial charge in [-0.3, -0.25) is 4.98 Å². The summed E-state index contributed by atoms with van der Waals surface area (Å²) in [6.07, 6.45) is 1.70. The maximum atomic E-state index is 11.9. The van der Waals surface area contributed by atoms with E-state index < -0.39 is 10.0 Å². The van der Waals surface area contributed by atoms with Crippen LogP contribution >= 0.6 is 0 Å². The normalized spacial score (nSPS) is 17.0. The molecule has 0 radical (unpaired) electrons. The summed E-state index contributed by atoms with van der Waals surface area (Å²) in [7, 11) is -3.15. The summed E-state index contributed by atoms with van der Waals surface area (Å²) in [6.45, 7) is 4.28. The SMILES string of the molecule is CC(C)S(=O)(=O)N1Cc2cccnc2C1. The van der Waals surface area contributed by atoms with Gasteiger partial charge in [-0.2, -0.15) is 4.31 Å². The second kappa shape index (κ2) is 3.57. The molecule has 2 heterocycles. The molecule has 1 aromatic heterocycles. The van der Waals surface area contributed by atoms with Gasteiger partial charge in [-0.25, -0.2) is 8.42 Å². The third-order valence-corrected chi connectivity index (χ3v) is 4.78. The lowest BCUT2D eigenvalue weighted by Crippen LogP contribution is -2.32. The number of nitrogens with zero attached hydrogens (tertiary/aromatic N) is 2. The van der Waals surface area contributed by atoms with Crippen LogP contribution in [0.1, 0.15) is 25.1 Å². The van der Waals surface area contributed by atoms with Gasteiger partial charge in [0.05, 0.1) is 17.5 Å². The Morgan fingerprint density at radius 2 is 2.13 bits per heavy atom. The Morgan fingerprint density at radius 3 is 2.73 bits per heavy atom. The number of rotatable bonds is 2. The van der Waals surface area contributed by atoms with E-state index in [0.717, 1.165) is 11.3 Å². The molecular weight excluding hydrogens is 212 g/mol. The second-order valence-electron chi connectivity index (χ2n) is 3.97. The van der Waals surface area contributed by atoms with E-state index in [-0.39, 0.29) is 5.25 Å². The summed E-state index contributed by atoms with van der Waals surface area (Å²) >= 11 is 0. The molecule has 2 rings (SSSR count). The Balaban J connectivity index is 2.28. The van der Waals surface area contributed by atoms with Gasteiger partial charge in [0.25, 0.3) is 0 Å². The number of fused-ring (bicyclic) bond motifs is 1. The van der Waals surface area contributed by atoms with Gasteiger partial charge in [-0.1, -0.05) is 6.07 Å². The highest BCUT2D eigenvalue weighted by Gasteiger charge is 2.31. The summed E-state index contributed by atoms with van der Waals surface area (Å²) in [6, 6.07) is 3.77. The molecule has 0 aliphatic carbocycles. The van der Waals surface area contributed by atoms with Crippen LogP contribution in [0.15, 0.2) is 18.3 Å². The van der Waals surface area contributed by atoms with Gasteiger partial charge in [0.1, 0.15) is 0 Å². The first kappa shape index (κ1) is 10.6. The predicted molar refractivity (Wildman–Crippen MR) is 57.5 cm³/mol. The van der Waals surface area contributed by atoms with E-state index in [9.17, 15) is 8.42 Å². The highest BCUT2D eigenvalue weighted by Crippen LogP contribution is 2.24. The molecule has 0 spiro atoms. The number of pyridine rings is 1. The van der Waals surface area contributed by atoms with E-state index in [4.69, 9.17) is 0 Å². The van der Waals surface area contributed by atoms with Crippen LogP contribution in [0, 0.1) is 0 Å². The molecule has 0 N–H and O–H groups in total. The first-order valence-corrected chi connectivity index (χ1v) is 6.44. The van der Waals surface area contributed by atoms with Gasteiger partial charge in [-0.15, -0.1) is 0 Å². The topological polar surface area (TPSA) is 50.3 Å². The zero-order valence-electron chi connectivity index (χ0n) is 8.84. The first-order valence-electron chi connectivity index (χ1n) is 4.93. The highest BCUT2D eigenvalue weighted by molar-refractivity contribution is 7.89. The minimum Gasteiger partial charge on any atom is -0.260 e. The summed E-state index contributed by atoms with van der Waals surface area (Å²) in [5.41, 5.74) is 1.89. The number of aromatic nitrogens is 1. The van der Waals surface area contributed by atoms with Crippen LogP contribution in [0.2, 0.25) is 0 Å². The number of hydrogen-bond acceptors (Lipinski definition) is 3. The van der Waals surface area contributed by atoms with Crippen LogP contribution in [-0.2, 0) is 23.1 Å². The van der Waals surface area contributed by atoms with Crippen molar-refractivity contribution in [1.82, 2.24) is 9.29 Å². The minimum atomic E-state index is -3.15. The van der Waals surface area contributed by atoms with E-state index in [2.05, 4.69) is 4.98 Å². The van der Waals surface area contributed by atoms with Gasteiger partial charge < -0.3 is 0 Å². The Hall–Kier alpha value is -0.940. The van der Waals surface area contributed by atoms with Crippen LogP contribution in [-0.4, -0.2) is 23.0 Å². The Labute approximate surface area is 90.0 Å². The van der Waals surface area contributed by atoms with Gasteiger partial charge in [0.2, 0.25) is 10.0 Å². The van der Waals surface area contributed by atoms with E-state index in [0.29, 0.717) is 13.1 Å². The molecule has 1 aliphatic rings. The molecule has 1 aromatic rings. The third kappa shape index (κ3) is 1.77. The lowest BCUT2D eigenvalue weighted by atomic mass is 10.2. The van der Waals surface area contributed by atoms with Crippen LogP contribution in [0.4, 0.5) is 0 Å². The van der Waals surface area contributed by atoms with E-state index in [1.807, 2.05) is 12.1 Å². The Bertz CT molecular complexity index is 443. The van der Waals surface area contributed by atoms with Crippen LogP contribution < -0.4 is 0 Å². The quantitative estimate of drug-likeness (QED) is 0.759. The summed E-state index contributed by atoms with van der Waals surface area (Å²) < 4.78 is 25.3. The molecule has 0 saturated heterocycles. The largest absolute Gasteiger partial charge is 0.260 e. The van der Waals surface area contributed by atoms with Crippen molar-refractivity contribution in [1.29, 1.82) is 0 Å². The van der Waals surface area contributed by atoms with Crippen molar-refractivity contribution >= 4 is 10.0 Å². The zero-order valence-corrected chi connectivity index (χ0v) is 9.66. The van der Waals surface area contributed by atoms with Crippen LogP contribution in [0.5, 0.6) is 0 Å². The van der Waals surface area contributed by atoms with Crippen LogP contribution in [0.3, 0.4) is 0 Å². The third-order valence-electron chi connectivity index (χ3n) is 2.61. The van der Waals surface area contributed by atoms with Crippen molar-refractivity contribution in [3.05, 3.63) is 29.6 Å². The molecule has 0 fully saturated rings. The molecule has 0 aromatic carbocycles.